The molecule has 0 saturated carbocycles. The molecule has 3 aromatic carbocycles. The summed E-state index contributed by atoms with van der Waals surface area (Å²) in [6, 6.07) is 15.7. The molecule has 0 aromatic heterocycles. The van der Waals surface area contributed by atoms with Gasteiger partial charge in [-0.15, -0.1) is 0 Å². The maximum Gasteiger partial charge on any atom is 0.534 e. The molecule has 0 bridgehead atoms. The van der Waals surface area contributed by atoms with Gasteiger partial charge in [-0.2, -0.15) is 21.6 Å². The van der Waals surface area contributed by atoms with Crippen LogP contribution in [0.2, 0.25) is 0 Å². The number of alkyl halides is 3. The SMILES string of the molecule is CC.CCC(O)c1ccc(F)cc1.O=C1CC(c2ccc(OS(=O)(=O)C(F)(F)F)cc2)N1c1ccc(F)cc1. The molecule has 6 nitrogen and oxygen atoms in total. The fraction of sp³-hybridized carbons (Fsp3) is 0.296. The number of β-lactam (4-membered cyclic amide) rings is 1. The average Bonchev–Trinajstić information content (AvgIpc) is 2.90. The van der Waals surface area contributed by atoms with Crippen LogP contribution in [0.25, 0.3) is 0 Å². The quantitative estimate of drug-likeness (QED) is 0.151. The smallest absolute Gasteiger partial charge is 0.388 e. The molecule has 0 radical (unpaired) electrons. The first-order valence-corrected chi connectivity index (χ1v) is 13.3. The molecule has 212 valence electrons. The van der Waals surface area contributed by atoms with Crippen molar-refractivity contribution in [1.82, 2.24) is 0 Å². The van der Waals surface area contributed by atoms with Crippen molar-refractivity contribution in [3.05, 3.63) is 95.6 Å². The van der Waals surface area contributed by atoms with Gasteiger partial charge in [0.15, 0.2) is 0 Å². The number of hydrogen-bond acceptors (Lipinski definition) is 5. The summed E-state index contributed by atoms with van der Waals surface area (Å²) in [6.07, 6.45) is 0.361. The van der Waals surface area contributed by atoms with Crippen molar-refractivity contribution in [1.29, 1.82) is 0 Å². The Kier molecular flexibility index (Phi) is 11.0. The minimum absolute atomic E-state index is 0.165. The lowest BCUT2D eigenvalue weighted by Crippen LogP contribution is -2.46. The van der Waals surface area contributed by atoms with E-state index in [1.807, 2.05) is 20.8 Å². The molecular weight excluding hydrogens is 545 g/mol. The lowest BCUT2D eigenvalue weighted by Gasteiger charge is -2.40. The number of amides is 1. The van der Waals surface area contributed by atoms with Crippen molar-refractivity contribution >= 4 is 21.7 Å². The summed E-state index contributed by atoms with van der Waals surface area (Å²) in [5.41, 5.74) is -3.70. The molecule has 1 N–H and O–H groups in total. The standard InChI is InChI=1S/C16H11F4NO4S.C9H11FO.C2H6/c17-11-3-5-12(6-4-11)21-14(9-15(21)22)10-1-7-13(8-2-10)25-26(23,24)16(18,19)20;1-2-9(11)7-3-5-8(10)6-4-7;1-2/h1-8,14H,9H2;3-6,9,11H,2H2,1H3;1-2H3. The number of aliphatic hydroxyl groups excluding tert-OH is 1. The zero-order chi connectivity index (χ0) is 29.4. The van der Waals surface area contributed by atoms with Crippen LogP contribution in [0.1, 0.15) is 56.9 Å². The second-order valence-corrected chi connectivity index (χ2v) is 9.53. The van der Waals surface area contributed by atoms with Crippen LogP contribution >= 0.6 is 0 Å². The van der Waals surface area contributed by atoms with Gasteiger partial charge in [-0.25, -0.2) is 8.78 Å². The highest BCUT2D eigenvalue weighted by molar-refractivity contribution is 7.88. The molecule has 39 heavy (non-hydrogen) atoms. The van der Waals surface area contributed by atoms with Crippen LogP contribution < -0.4 is 9.08 Å². The third kappa shape index (κ3) is 8.24. The van der Waals surface area contributed by atoms with E-state index in [1.165, 1.54) is 53.4 Å². The Bertz CT molecular complexity index is 1310. The molecule has 1 fully saturated rings. The fourth-order valence-corrected chi connectivity index (χ4v) is 3.91. The van der Waals surface area contributed by atoms with Gasteiger partial charge in [0.2, 0.25) is 5.91 Å². The van der Waals surface area contributed by atoms with Gasteiger partial charge >= 0.3 is 15.6 Å². The van der Waals surface area contributed by atoms with E-state index in [4.69, 9.17) is 0 Å². The molecule has 0 spiro atoms. The summed E-state index contributed by atoms with van der Waals surface area (Å²) in [7, 11) is -5.74. The van der Waals surface area contributed by atoms with Gasteiger partial charge in [-0.3, -0.25) is 4.79 Å². The van der Waals surface area contributed by atoms with Crippen molar-refractivity contribution in [2.45, 2.75) is 51.3 Å². The normalized spacial score (nSPS) is 15.7. The second kappa shape index (κ2) is 13.5. The van der Waals surface area contributed by atoms with Gasteiger partial charge in [0.25, 0.3) is 0 Å². The minimum atomic E-state index is -5.74. The highest BCUT2D eigenvalue weighted by atomic mass is 32.2. The summed E-state index contributed by atoms with van der Waals surface area (Å²) in [5, 5.41) is 9.30. The maximum atomic E-state index is 13.0. The molecule has 0 aliphatic carbocycles. The molecular formula is C27H28F5NO5S. The van der Waals surface area contributed by atoms with Crippen LogP contribution in [-0.2, 0) is 14.9 Å². The Balaban J connectivity index is 0.000000343. The van der Waals surface area contributed by atoms with Gasteiger partial charge in [0.1, 0.15) is 17.4 Å². The number of anilines is 1. The topological polar surface area (TPSA) is 83.9 Å². The molecule has 1 saturated heterocycles. The van der Waals surface area contributed by atoms with Crippen LogP contribution in [0, 0.1) is 11.6 Å². The van der Waals surface area contributed by atoms with Crippen molar-refractivity contribution in [3.8, 4) is 5.75 Å². The Labute approximate surface area is 223 Å². The zero-order valence-corrected chi connectivity index (χ0v) is 22.1. The van der Waals surface area contributed by atoms with Crippen LogP contribution in [-0.4, -0.2) is 24.9 Å². The number of nitrogens with zero attached hydrogens (tertiary/aromatic N) is 1. The highest BCUT2D eigenvalue weighted by Crippen LogP contribution is 2.39. The Morgan fingerprint density at radius 3 is 1.85 bits per heavy atom. The molecule has 4 rings (SSSR count). The van der Waals surface area contributed by atoms with E-state index >= 15 is 0 Å². The summed E-state index contributed by atoms with van der Waals surface area (Å²) >= 11 is 0. The molecule has 3 aromatic rings. The number of carbonyl (C=O) groups is 1. The Morgan fingerprint density at radius 1 is 0.923 bits per heavy atom. The largest absolute Gasteiger partial charge is 0.534 e. The molecule has 2 unspecified atom stereocenters. The van der Waals surface area contributed by atoms with Crippen molar-refractivity contribution in [2.75, 3.05) is 4.90 Å². The summed E-state index contributed by atoms with van der Waals surface area (Å²) in [5.74, 6) is -1.41. The van der Waals surface area contributed by atoms with Crippen LogP contribution in [0.4, 0.5) is 27.6 Å². The number of rotatable bonds is 6. The van der Waals surface area contributed by atoms with E-state index < -0.39 is 33.3 Å². The zero-order valence-electron chi connectivity index (χ0n) is 21.3. The number of aliphatic hydroxyl groups is 1. The van der Waals surface area contributed by atoms with Crippen molar-refractivity contribution in [2.24, 2.45) is 0 Å². The first kappa shape index (κ1) is 31.7. The first-order valence-electron chi connectivity index (χ1n) is 11.9. The van der Waals surface area contributed by atoms with Crippen LogP contribution in [0.15, 0.2) is 72.8 Å². The van der Waals surface area contributed by atoms with Gasteiger partial charge < -0.3 is 14.2 Å². The third-order valence-corrected chi connectivity index (χ3v) is 6.43. The van der Waals surface area contributed by atoms with Gasteiger partial charge in [0.05, 0.1) is 18.6 Å². The van der Waals surface area contributed by atoms with E-state index in [2.05, 4.69) is 4.18 Å². The van der Waals surface area contributed by atoms with Crippen LogP contribution in [0.3, 0.4) is 0 Å². The van der Waals surface area contributed by atoms with E-state index in [-0.39, 0.29) is 24.2 Å². The van der Waals surface area contributed by atoms with E-state index in [0.717, 1.165) is 17.7 Å². The highest BCUT2D eigenvalue weighted by Gasteiger charge is 2.48. The predicted octanol–water partition coefficient (Wildman–Crippen LogP) is 6.83. The maximum absolute atomic E-state index is 13.0. The molecule has 12 heteroatoms. The molecule has 2 atom stereocenters. The van der Waals surface area contributed by atoms with E-state index in [1.54, 1.807) is 12.1 Å². The van der Waals surface area contributed by atoms with Gasteiger partial charge in [0, 0.05) is 5.69 Å². The Hall–Kier alpha value is -3.51. The van der Waals surface area contributed by atoms with Gasteiger partial charge in [-0.1, -0.05) is 45.0 Å². The number of hydrogen-bond donors (Lipinski definition) is 1. The average molecular weight is 574 g/mol. The lowest BCUT2D eigenvalue weighted by molar-refractivity contribution is -0.124. The van der Waals surface area contributed by atoms with Gasteiger partial charge in [-0.05, 0) is 66.1 Å². The molecule has 1 aliphatic rings. The summed E-state index contributed by atoms with van der Waals surface area (Å²) in [6.45, 7) is 5.88. The number of carbonyl (C=O) groups excluding carboxylic acids is 1. The first-order chi connectivity index (χ1) is 18.3. The lowest BCUT2D eigenvalue weighted by atomic mass is 9.93. The summed E-state index contributed by atoms with van der Waals surface area (Å²) < 4.78 is 88.3. The van der Waals surface area contributed by atoms with E-state index in [0.29, 0.717) is 17.7 Å². The monoisotopic (exact) mass is 573 g/mol. The third-order valence-electron chi connectivity index (χ3n) is 5.45. The fourth-order valence-electron chi connectivity index (χ4n) is 3.45. The number of halogens is 5. The Morgan fingerprint density at radius 2 is 1.41 bits per heavy atom. The predicted molar refractivity (Wildman–Crippen MR) is 136 cm³/mol. The molecule has 1 amide bonds. The number of benzene rings is 3. The summed E-state index contributed by atoms with van der Waals surface area (Å²) in [4.78, 5) is 13.3. The van der Waals surface area contributed by atoms with E-state index in [9.17, 15) is 40.3 Å². The molecule has 1 heterocycles. The van der Waals surface area contributed by atoms with Crippen molar-refractivity contribution < 1.29 is 44.5 Å². The molecule has 1 aliphatic heterocycles. The minimum Gasteiger partial charge on any atom is -0.388 e. The van der Waals surface area contributed by atoms with Crippen molar-refractivity contribution in [3.63, 3.8) is 0 Å². The second-order valence-electron chi connectivity index (χ2n) is 7.99. The van der Waals surface area contributed by atoms with Crippen LogP contribution in [0.5, 0.6) is 5.75 Å².